The van der Waals surface area contributed by atoms with Crippen LogP contribution in [0.2, 0.25) is 0 Å². The molecule has 1 aliphatic heterocycles. The standard InChI is InChI=1S/C16H22N4O3/c1-10(2)18-16(23)20-12-5-3-4-11(8-12)15(22)17-9-13-6-7-14(21)19-13/h3-5,8,10,13H,6-7,9H2,1-2H3,(H,17,22)(H,19,21)(H2,18,20,23)/t13-/m0/s1. The monoisotopic (exact) mass is 318 g/mol. The molecule has 4 N–H and O–H groups in total. The summed E-state index contributed by atoms with van der Waals surface area (Å²) in [6.07, 6.45) is 1.24. The van der Waals surface area contributed by atoms with Crippen LogP contribution in [0.3, 0.4) is 0 Å². The molecule has 1 aromatic carbocycles. The minimum Gasteiger partial charge on any atom is -0.352 e. The molecule has 1 fully saturated rings. The van der Waals surface area contributed by atoms with Crippen LogP contribution < -0.4 is 21.3 Å². The summed E-state index contributed by atoms with van der Waals surface area (Å²) in [5.74, 6) is -0.217. The molecule has 7 heteroatoms. The van der Waals surface area contributed by atoms with Gasteiger partial charge in [-0.05, 0) is 38.5 Å². The van der Waals surface area contributed by atoms with Gasteiger partial charge >= 0.3 is 6.03 Å². The molecular weight excluding hydrogens is 296 g/mol. The molecule has 0 spiro atoms. The maximum absolute atomic E-state index is 12.1. The Bertz CT molecular complexity index is 601. The van der Waals surface area contributed by atoms with E-state index in [1.807, 2.05) is 13.8 Å². The van der Waals surface area contributed by atoms with Crippen LogP contribution >= 0.6 is 0 Å². The van der Waals surface area contributed by atoms with E-state index in [0.29, 0.717) is 24.2 Å². The molecular formula is C16H22N4O3. The van der Waals surface area contributed by atoms with Crippen LogP contribution in [0.25, 0.3) is 0 Å². The highest BCUT2D eigenvalue weighted by Crippen LogP contribution is 2.11. The van der Waals surface area contributed by atoms with E-state index in [1.54, 1.807) is 24.3 Å². The Balaban J connectivity index is 1.89. The molecule has 124 valence electrons. The van der Waals surface area contributed by atoms with Crippen LogP contribution in [0.15, 0.2) is 24.3 Å². The fourth-order valence-corrected chi connectivity index (χ4v) is 2.32. The van der Waals surface area contributed by atoms with E-state index in [2.05, 4.69) is 21.3 Å². The molecule has 2 rings (SSSR count). The average molecular weight is 318 g/mol. The molecule has 1 saturated heterocycles. The van der Waals surface area contributed by atoms with Gasteiger partial charge in [-0.2, -0.15) is 0 Å². The van der Waals surface area contributed by atoms with Crippen LogP contribution in [-0.2, 0) is 4.79 Å². The summed E-state index contributed by atoms with van der Waals surface area (Å²) in [6.45, 7) is 4.13. The molecule has 1 atom stereocenters. The van der Waals surface area contributed by atoms with Gasteiger partial charge < -0.3 is 21.3 Å². The second-order valence-electron chi connectivity index (χ2n) is 5.85. The van der Waals surface area contributed by atoms with Gasteiger partial charge in [0.05, 0.1) is 0 Å². The summed E-state index contributed by atoms with van der Waals surface area (Å²) < 4.78 is 0. The van der Waals surface area contributed by atoms with Crippen molar-refractivity contribution in [3.8, 4) is 0 Å². The largest absolute Gasteiger partial charge is 0.352 e. The van der Waals surface area contributed by atoms with E-state index in [9.17, 15) is 14.4 Å². The lowest BCUT2D eigenvalue weighted by atomic mass is 10.1. The maximum atomic E-state index is 12.1. The molecule has 0 radical (unpaired) electrons. The maximum Gasteiger partial charge on any atom is 0.319 e. The van der Waals surface area contributed by atoms with Crippen molar-refractivity contribution in [1.29, 1.82) is 0 Å². The lowest BCUT2D eigenvalue weighted by molar-refractivity contribution is -0.119. The number of amides is 4. The number of nitrogens with one attached hydrogen (secondary N) is 4. The SMILES string of the molecule is CC(C)NC(=O)Nc1cccc(C(=O)NC[C@@H]2CCC(=O)N2)c1. The van der Waals surface area contributed by atoms with Crippen molar-refractivity contribution >= 4 is 23.5 Å². The molecule has 1 aliphatic rings. The highest BCUT2D eigenvalue weighted by Gasteiger charge is 2.21. The summed E-state index contributed by atoms with van der Waals surface area (Å²) in [5, 5.41) is 11.0. The van der Waals surface area contributed by atoms with Crippen molar-refractivity contribution in [3.63, 3.8) is 0 Å². The number of anilines is 1. The summed E-state index contributed by atoms with van der Waals surface area (Å²) in [4.78, 5) is 34.9. The number of benzene rings is 1. The number of rotatable bonds is 5. The van der Waals surface area contributed by atoms with Crippen molar-refractivity contribution in [2.45, 2.75) is 38.8 Å². The topological polar surface area (TPSA) is 99.3 Å². The van der Waals surface area contributed by atoms with Crippen molar-refractivity contribution in [2.75, 3.05) is 11.9 Å². The van der Waals surface area contributed by atoms with E-state index in [1.165, 1.54) is 0 Å². The molecule has 0 bridgehead atoms. The Hall–Kier alpha value is -2.57. The zero-order valence-electron chi connectivity index (χ0n) is 13.3. The minimum atomic E-state index is -0.314. The third-order valence-electron chi connectivity index (χ3n) is 3.40. The molecule has 4 amide bonds. The van der Waals surface area contributed by atoms with Gasteiger partial charge in [-0.1, -0.05) is 6.07 Å². The van der Waals surface area contributed by atoms with Gasteiger partial charge in [-0.25, -0.2) is 4.79 Å². The first-order chi connectivity index (χ1) is 10.9. The second-order valence-corrected chi connectivity index (χ2v) is 5.85. The van der Waals surface area contributed by atoms with Crippen molar-refractivity contribution < 1.29 is 14.4 Å². The molecule has 1 aromatic rings. The summed E-state index contributed by atoms with van der Waals surface area (Å²) >= 11 is 0. The summed E-state index contributed by atoms with van der Waals surface area (Å²) in [5.41, 5.74) is 1.00. The molecule has 23 heavy (non-hydrogen) atoms. The Morgan fingerprint density at radius 1 is 1.35 bits per heavy atom. The van der Waals surface area contributed by atoms with Gasteiger partial charge in [0, 0.05) is 36.3 Å². The van der Waals surface area contributed by atoms with Gasteiger partial charge in [0.15, 0.2) is 0 Å². The third-order valence-corrected chi connectivity index (χ3v) is 3.40. The van der Waals surface area contributed by atoms with Gasteiger partial charge in [-0.3, -0.25) is 9.59 Å². The number of carbonyl (C=O) groups excluding carboxylic acids is 3. The molecule has 0 unspecified atom stereocenters. The zero-order chi connectivity index (χ0) is 16.8. The second kappa shape index (κ2) is 7.62. The highest BCUT2D eigenvalue weighted by molar-refractivity contribution is 5.97. The fraction of sp³-hybridized carbons (Fsp3) is 0.438. The first-order valence-corrected chi connectivity index (χ1v) is 7.69. The van der Waals surface area contributed by atoms with Gasteiger partial charge in [0.25, 0.3) is 5.91 Å². The molecule has 7 nitrogen and oxygen atoms in total. The number of carbonyl (C=O) groups is 3. The summed E-state index contributed by atoms with van der Waals surface area (Å²) in [7, 11) is 0. The Morgan fingerprint density at radius 3 is 2.78 bits per heavy atom. The first kappa shape index (κ1) is 16.8. The van der Waals surface area contributed by atoms with E-state index < -0.39 is 0 Å². The third kappa shape index (κ3) is 5.28. The quantitative estimate of drug-likeness (QED) is 0.657. The van der Waals surface area contributed by atoms with Gasteiger partial charge in [0.2, 0.25) is 5.91 Å². The van der Waals surface area contributed by atoms with Gasteiger partial charge in [-0.15, -0.1) is 0 Å². The van der Waals surface area contributed by atoms with Crippen molar-refractivity contribution in [1.82, 2.24) is 16.0 Å². The Labute approximate surface area is 135 Å². The minimum absolute atomic E-state index is 0.00965. The lowest BCUT2D eigenvalue weighted by Gasteiger charge is -2.13. The van der Waals surface area contributed by atoms with E-state index in [0.717, 1.165) is 6.42 Å². The predicted molar refractivity (Wildman–Crippen MR) is 87.2 cm³/mol. The van der Waals surface area contributed by atoms with Crippen molar-refractivity contribution in [3.05, 3.63) is 29.8 Å². The van der Waals surface area contributed by atoms with Gasteiger partial charge in [0.1, 0.15) is 0 Å². The molecule has 1 heterocycles. The zero-order valence-corrected chi connectivity index (χ0v) is 13.3. The molecule has 0 aromatic heterocycles. The fourth-order valence-electron chi connectivity index (χ4n) is 2.32. The van der Waals surface area contributed by atoms with E-state index >= 15 is 0 Å². The average Bonchev–Trinajstić information content (AvgIpc) is 2.89. The normalized spacial score (nSPS) is 16.8. The van der Waals surface area contributed by atoms with E-state index in [-0.39, 0.29) is 29.9 Å². The van der Waals surface area contributed by atoms with Crippen LogP contribution in [0.5, 0.6) is 0 Å². The first-order valence-electron chi connectivity index (χ1n) is 7.69. The summed E-state index contributed by atoms with van der Waals surface area (Å²) in [6, 6.07) is 6.42. The predicted octanol–water partition coefficient (Wildman–Crippen LogP) is 1.22. The number of urea groups is 1. The van der Waals surface area contributed by atoms with Crippen molar-refractivity contribution in [2.24, 2.45) is 0 Å². The highest BCUT2D eigenvalue weighted by atomic mass is 16.2. The van der Waals surface area contributed by atoms with E-state index in [4.69, 9.17) is 0 Å². The Morgan fingerprint density at radius 2 is 2.13 bits per heavy atom. The van der Waals surface area contributed by atoms with Crippen LogP contribution in [0, 0.1) is 0 Å². The smallest absolute Gasteiger partial charge is 0.319 e. The van der Waals surface area contributed by atoms with Crippen LogP contribution in [0.1, 0.15) is 37.0 Å². The molecule has 0 saturated carbocycles. The lowest BCUT2D eigenvalue weighted by Crippen LogP contribution is -2.38. The van der Waals surface area contributed by atoms with Crippen LogP contribution in [0.4, 0.5) is 10.5 Å². The Kier molecular flexibility index (Phi) is 5.56. The number of hydrogen-bond donors (Lipinski definition) is 4. The van der Waals surface area contributed by atoms with Crippen LogP contribution in [-0.4, -0.2) is 36.5 Å². The number of hydrogen-bond acceptors (Lipinski definition) is 3. The molecule has 0 aliphatic carbocycles.